The van der Waals surface area contributed by atoms with Crippen LogP contribution in [0.3, 0.4) is 0 Å². The van der Waals surface area contributed by atoms with Crippen molar-refractivity contribution < 1.29 is 4.79 Å². The first kappa shape index (κ1) is 13.8. The molecule has 3 rings (SSSR count). The quantitative estimate of drug-likeness (QED) is 0.822. The summed E-state index contributed by atoms with van der Waals surface area (Å²) in [6, 6.07) is 8.35. The predicted octanol–water partition coefficient (Wildman–Crippen LogP) is 3.92. The van der Waals surface area contributed by atoms with E-state index in [-0.39, 0.29) is 5.41 Å². The Hall–Kier alpha value is -1.15. The SMILES string of the molecule is CCCC1(C(=O)c2ccccc2C2CCC2)CCNC1. The molecule has 1 N–H and O–H groups in total. The van der Waals surface area contributed by atoms with E-state index in [1.165, 1.54) is 24.8 Å². The Balaban J connectivity index is 1.93. The lowest BCUT2D eigenvalue weighted by molar-refractivity contribution is 0.0799. The van der Waals surface area contributed by atoms with Gasteiger partial charge in [-0.2, -0.15) is 0 Å². The maximum Gasteiger partial charge on any atom is 0.170 e. The fourth-order valence-corrected chi connectivity index (χ4v) is 3.81. The van der Waals surface area contributed by atoms with Crippen molar-refractivity contribution >= 4 is 5.78 Å². The molecule has 2 heteroatoms. The van der Waals surface area contributed by atoms with Crippen molar-refractivity contribution in [2.24, 2.45) is 5.41 Å². The van der Waals surface area contributed by atoms with Gasteiger partial charge in [-0.05, 0) is 43.7 Å². The van der Waals surface area contributed by atoms with E-state index in [2.05, 4.69) is 30.4 Å². The van der Waals surface area contributed by atoms with Gasteiger partial charge < -0.3 is 5.32 Å². The molecule has 1 unspecified atom stereocenters. The van der Waals surface area contributed by atoms with Crippen molar-refractivity contribution in [1.82, 2.24) is 5.32 Å². The Bertz CT molecular complexity index is 484. The second-order valence-electron chi connectivity index (χ2n) is 6.50. The Morgan fingerprint density at radius 2 is 2.15 bits per heavy atom. The number of rotatable bonds is 5. The van der Waals surface area contributed by atoms with Crippen LogP contribution in [-0.2, 0) is 0 Å². The lowest BCUT2D eigenvalue weighted by Crippen LogP contribution is -2.34. The zero-order chi connectivity index (χ0) is 14.0. The fourth-order valence-electron chi connectivity index (χ4n) is 3.81. The van der Waals surface area contributed by atoms with Crippen molar-refractivity contribution in [2.45, 2.75) is 51.4 Å². The van der Waals surface area contributed by atoms with Crippen LogP contribution in [0.15, 0.2) is 24.3 Å². The molecule has 20 heavy (non-hydrogen) atoms. The summed E-state index contributed by atoms with van der Waals surface area (Å²) in [6.45, 7) is 4.03. The van der Waals surface area contributed by atoms with E-state index >= 15 is 0 Å². The van der Waals surface area contributed by atoms with Crippen molar-refractivity contribution in [2.75, 3.05) is 13.1 Å². The van der Waals surface area contributed by atoms with Crippen LogP contribution in [0, 0.1) is 5.41 Å². The van der Waals surface area contributed by atoms with Crippen LogP contribution < -0.4 is 5.32 Å². The minimum Gasteiger partial charge on any atom is -0.316 e. The number of hydrogen-bond acceptors (Lipinski definition) is 2. The molecule has 0 spiro atoms. The maximum absolute atomic E-state index is 13.2. The lowest BCUT2D eigenvalue weighted by atomic mass is 9.71. The summed E-state index contributed by atoms with van der Waals surface area (Å²) < 4.78 is 0. The molecule has 1 saturated carbocycles. The molecule has 2 aliphatic rings. The third kappa shape index (κ3) is 2.31. The standard InChI is InChI=1S/C18H25NO/c1-2-10-18(11-12-19-13-18)17(20)16-9-4-3-8-15(16)14-6-5-7-14/h3-4,8-9,14,19H,2,5-7,10-13H2,1H3. The molecule has 1 aromatic carbocycles. The van der Waals surface area contributed by atoms with E-state index in [1.54, 1.807) is 0 Å². The van der Waals surface area contributed by atoms with Gasteiger partial charge in [0, 0.05) is 17.5 Å². The van der Waals surface area contributed by atoms with Crippen LogP contribution in [-0.4, -0.2) is 18.9 Å². The Kier molecular flexibility index (Phi) is 3.93. The Morgan fingerprint density at radius 1 is 1.35 bits per heavy atom. The van der Waals surface area contributed by atoms with Gasteiger partial charge in [0.05, 0.1) is 0 Å². The average molecular weight is 271 g/mol. The third-order valence-corrected chi connectivity index (χ3v) is 5.20. The van der Waals surface area contributed by atoms with Gasteiger partial charge in [0.25, 0.3) is 0 Å². The molecule has 2 nitrogen and oxygen atoms in total. The Labute approximate surface area is 122 Å². The van der Waals surface area contributed by atoms with Crippen molar-refractivity contribution in [3.8, 4) is 0 Å². The molecule has 108 valence electrons. The van der Waals surface area contributed by atoms with Crippen LogP contribution in [0.2, 0.25) is 0 Å². The maximum atomic E-state index is 13.2. The van der Waals surface area contributed by atoms with E-state index in [0.717, 1.165) is 37.9 Å². The largest absolute Gasteiger partial charge is 0.316 e. The van der Waals surface area contributed by atoms with Gasteiger partial charge in [-0.3, -0.25) is 4.79 Å². The second kappa shape index (κ2) is 5.69. The summed E-state index contributed by atoms with van der Waals surface area (Å²) in [6.07, 6.45) is 6.91. The first-order valence-corrected chi connectivity index (χ1v) is 8.11. The van der Waals surface area contributed by atoms with Gasteiger partial charge >= 0.3 is 0 Å². The number of carbonyl (C=O) groups is 1. The Morgan fingerprint density at radius 3 is 2.75 bits per heavy atom. The molecule has 0 radical (unpaired) electrons. The zero-order valence-electron chi connectivity index (χ0n) is 12.5. The highest BCUT2D eigenvalue weighted by Crippen LogP contribution is 2.41. The van der Waals surface area contributed by atoms with Crippen LogP contribution >= 0.6 is 0 Å². The van der Waals surface area contributed by atoms with Gasteiger partial charge in [0.15, 0.2) is 5.78 Å². The highest BCUT2D eigenvalue weighted by Gasteiger charge is 2.41. The second-order valence-corrected chi connectivity index (χ2v) is 6.50. The first-order chi connectivity index (χ1) is 9.77. The summed E-state index contributed by atoms with van der Waals surface area (Å²) in [4.78, 5) is 13.2. The number of ketones is 1. The molecule has 1 aromatic rings. The number of carbonyl (C=O) groups excluding carboxylic acids is 1. The molecule has 2 fully saturated rings. The number of hydrogen-bond donors (Lipinski definition) is 1. The average Bonchev–Trinajstić information content (AvgIpc) is 2.87. The van der Waals surface area contributed by atoms with Crippen LogP contribution in [0.5, 0.6) is 0 Å². The van der Waals surface area contributed by atoms with Gasteiger partial charge in [-0.1, -0.05) is 44.0 Å². The minimum atomic E-state index is -0.144. The molecular weight excluding hydrogens is 246 g/mol. The zero-order valence-corrected chi connectivity index (χ0v) is 12.5. The summed E-state index contributed by atoms with van der Waals surface area (Å²) in [5.74, 6) is 1.02. The van der Waals surface area contributed by atoms with Gasteiger partial charge in [-0.15, -0.1) is 0 Å². The van der Waals surface area contributed by atoms with Gasteiger partial charge in [-0.25, -0.2) is 0 Å². The third-order valence-electron chi connectivity index (χ3n) is 5.20. The first-order valence-electron chi connectivity index (χ1n) is 8.11. The predicted molar refractivity (Wildman–Crippen MR) is 82.2 cm³/mol. The summed E-state index contributed by atoms with van der Waals surface area (Å²) >= 11 is 0. The number of benzene rings is 1. The number of nitrogens with one attached hydrogen (secondary N) is 1. The molecular formula is C18H25NO. The van der Waals surface area contributed by atoms with Crippen molar-refractivity contribution in [3.05, 3.63) is 35.4 Å². The highest BCUT2D eigenvalue weighted by atomic mass is 16.1. The van der Waals surface area contributed by atoms with E-state index < -0.39 is 0 Å². The van der Waals surface area contributed by atoms with Crippen molar-refractivity contribution in [3.63, 3.8) is 0 Å². The lowest BCUT2D eigenvalue weighted by Gasteiger charge is -2.31. The van der Waals surface area contributed by atoms with Gasteiger partial charge in [0.2, 0.25) is 0 Å². The normalized spacial score (nSPS) is 26.4. The molecule has 0 bridgehead atoms. The van der Waals surface area contributed by atoms with E-state index in [4.69, 9.17) is 0 Å². The fraction of sp³-hybridized carbons (Fsp3) is 0.611. The topological polar surface area (TPSA) is 29.1 Å². The molecule has 1 saturated heterocycles. The molecule has 0 aromatic heterocycles. The van der Waals surface area contributed by atoms with E-state index in [1.807, 2.05) is 6.07 Å². The van der Waals surface area contributed by atoms with E-state index in [0.29, 0.717) is 11.7 Å². The smallest absolute Gasteiger partial charge is 0.170 e. The van der Waals surface area contributed by atoms with Crippen molar-refractivity contribution in [1.29, 1.82) is 0 Å². The van der Waals surface area contributed by atoms with Crippen LogP contribution in [0.4, 0.5) is 0 Å². The molecule has 1 atom stereocenters. The summed E-state index contributed by atoms with van der Waals surface area (Å²) in [5.41, 5.74) is 2.18. The molecule has 1 aliphatic carbocycles. The number of Topliss-reactive ketones (excluding diaryl/α,β-unsaturated/α-hetero) is 1. The molecule has 0 amide bonds. The summed E-state index contributed by atoms with van der Waals surface area (Å²) in [5, 5.41) is 3.40. The van der Waals surface area contributed by atoms with E-state index in [9.17, 15) is 4.79 Å². The molecule has 1 aliphatic heterocycles. The summed E-state index contributed by atoms with van der Waals surface area (Å²) in [7, 11) is 0. The van der Waals surface area contributed by atoms with Gasteiger partial charge in [0.1, 0.15) is 0 Å². The van der Waals surface area contributed by atoms with Crippen LogP contribution in [0.25, 0.3) is 0 Å². The monoisotopic (exact) mass is 271 g/mol. The highest BCUT2D eigenvalue weighted by molar-refractivity contribution is 6.02. The van der Waals surface area contributed by atoms with Crippen LogP contribution in [0.1, 0.15) is 67.3 Å². The molecule has 1 heterocycles. The minimum absolute atomic E-state index is 0.144.